The zero-order valence-electron chi connectivity index (χ0n) is 9.90. The van der Waals surface area contributed by atoms with Gasteiger partial charge >= 0.3 is 5.97 Å². The van der Waals surface area contributed by atoms with Crippen molar-refractivity contribution in [2.75, 3.05) is 7.11 Å². The summed E-state index contributed by atoms with van der Waals surface area (Å²) in [5.74, 6) is 0.666. The molecule has 4 nitrogen and oxygen atoms in total. The Bertz CT molecular complexity index is 574. The van der Waals surface area contributed by atoms with E-state index in [2.05, 4.69) is 15.9 Å². The van der Waals surface area contributed by atoms with Crippen LogP contribution in [0.4, 0.5) is 0 Å². The molecular formula is C13H13BrO4. The van der Waals surface area contributed by atoms with E-state index in [4.69, 9.17) is 14.3 Å². The van der Waals surface area contributed by atoms with Crippen molar-refractivity contribution in [3.05, 3.63) is 28.4 Å². The van der Waals surface area contributed by atoms with Gasteiger partial charge in [0.1, 0.15) is 5.76 Å². The minimum atomic E-state index is -0.787. The smallest absolute Gasteiger partial charge is 0.303 e. The third-order valence-corrected chi connectivity index (χ3v) is 3.37. The van der Waals surface area contributed by atoms with Crippen LogP contribution in [0.2, 0.25) is 0 Å². The van der Waals surface area contributed by atoms with E-state index in [9.17, 15) is 4.79 Å². The molecule has 1 heterocycles. The van der Waals surface area contributed by atoms with E-state index in [0.29, 0.717) is 24.2 Å². The molecule has 5 heteroatoms. The zero-order chi connectivity index (χ0) is 13.1. The quantitative estimate of drug-likeness (QED) is 0.916. The largest absolute Gasteiger partial charge is 0.493 e. The Morgan fingerprint density at radius 2 is 2.28 bits per heavy atom. The van der Waals surface area contributed by atoms with Crippen LogP contribution in [0.3, 0.4) is 0 Å². The van der Waals surface area contributed by atoms with Crippen molar-refractivity contribution in [3.8, 4) is 5.75 Å². The van der Waals surface area contributed by atoms with Crippen LogP contribution in [0.25, 0.3) is 11.0 Å². The molecule has 0 fully saturated rings. The van der Waals surface area contributed by atoms with Crippen molar-refractivity contribution in [3.63, 3.8) is 0 Å². The van der Waals surface area contributed by atoms with Gasteiger partial charge in [0.15, 0.2) is 11.3 Å². The standard InChI is InChI=1S/C13H13BrO4/c1-17-11-6-5-10(14)9-7-8(18-13(9)11)3-2-4-12(15)16/h5-7H,2-4H2,1H3,(H,15,16). The molecule has 96 valence electrons. The first-order valence-corrected chi connectivity index (χ1v) is 6.38. The number of benzene rings is 1. The van der Waals surface area contributed by atoms with Gasteiger partial charge in [-0.25, -0.2) is 0 Å². The number of methoxy groups -OCH3 is 1. The third kappa shape index (κ3) is 2.67. The van der Waals surface area contributed by atoms with Crippen LogP contribution >= 0.6 is 15.9 Å². The predicted molar refractivity (Wildman–Crippen MR) is 71.0 cm³/mol. The number of rotatable bonds is 5. The lowest BCUT2D eigenvalue weighted by Gasteiger charge is -2.00. The molecule has 2 aromatic rings. The number of aliphatic carboxylic acids is 1. The second-order valence-electron chi connectivity index (χ2n) is 3.95. The first kappa shape index (κ1) is 13.0. The number of furan rings is 1. The molecule has 0 amide bonds. The second-order valence-corrected chi connectivity index (χ2v) is 4.81. The predicted octanol–water partition coefficient (Wildman–Crippen LogP) is 3.61. The van der Waals surface area contributed by atoms with Gasteiger partial charge in [-0.05, 0) is 24.6 Å². The number of halogens is 1. The molecule has 0 radical (unpaired) electrons. The van der Waals surface area contributed by atoms with Crippen LogP contribution < -0.4 is 4.74 Å². The van der Waals surface area contributed by atoms with Crippen molar-refractivity contribution >= 4 is 32.9 Å². The normalized spacial score (nSPS) is 10.8. The molecule has 1 aromatic carbocycles. The summed E-state index contributed by atoms with van der Waals surface area (Å²) in [6.45, 7) is 0. The van der Waals surface area contributed by atoms with Gasteiger partial charge in [-0.1, -0.05) is 15.9 Å². The molecule has 0 aliphatic heterocycles. The molecule has 0 atom stereocenters. The summed E-state index contributed by atoms with van der Waals surface area (Å²) in [7, 11) is 1.59. The van der Waals surface area contributed by atoms with E-state index in [-0.39, 0.29) is 6.42 Å². The minimum Gasteiger partial charge on any atom is -0.493 e. The maximum absolute atomic E-state index is 10.5. The summed E-state index contributed by atoms with van der Waals surface area (Å²) in [5, 5.41) is 9.54. The van der Waals surface area contributed by atoms with Crippen LogP contribution in [-0.4, -0.2) is 18.2 Å². The highest BCUT2D eigenvalue weighted by Crippen LogP contribution is 2.34. The molecule has 1 N–H and O–H groups in total. The lowest BCUT2D eigenvalue weighted by molar-refractivity contribution is -0.137. The lowest BCUT2D eigenvalue weighted by Crippen LogP contribution is -1.94. The number of carbonyl (C=O) groups is 1. The van der Waals surface area contributed by atoms with E-state index in [0.717, 1.165) is 15.6 Å². The van der Waals surface area contributed by atoms with Crippen LogP contribution in [0.5, 0.6) is 5.75 Å². The van der Waals surface area contributed by atoms with Crippen molar-refractivity contribution in [2.24, 2.45) is 0 Å². The van der Waals surface area contributed by atoms with E-state index in [1.807, 2.05) is 18.2 Å². The van der Waals surface area contributed by atoms with E-state index < -0.39 is 5.97 Å². The highest BCUT2D eigenvalue weighted by Gasteiger charge is 2.12. The van der Waals surface area contributed by atoms with Crippen LogP contribution in [-0.2, 0) is 11.2 Å². The lowest BCUT2D eigenvalue weighted by atomic mass is 10.2. The minimum absolute atomic E-state index is 0.148. The number of hydrogen-bond acceptors (Lipinski definition) is 3. The fourth-order valence-corrected chi connectivity index (χ4v) is 2.24. The van der Waals surface area contributed by atoms with Crippen molar-refractivity contribution in [2.45, 2.75) is 19.3 Å². The van der Waals surface area contributed by atoms with E-state index in [1.165, 1.54) is 0 Å². The monoisotopic (exact) mass is 312 g/mol. The van der Waals surface area contributed by atoms with Gasteiger partial charge in [-0.15, -0.1) is 0 Å². The average Bonchev–Trinajstić information content (AvgIpc) is 2.74. The van der Waals surface area contributed by atoms with Crippen molar-refractivity contribution in [1.29, 1.82) is 0 Å². The third-order valence-electron chi connectivity index (χ3n) is 2.68. The maximum atomic E-state index is 10.5. The van der Waals surface area contributed by atoms with E-state index in [1.54, 1.807) is 7.11 Å². The molecule has 0 saturated heterocycles. The molecule has 0 unspecified atom stereocenters. The highest BCUT2D eigenvalue weighted by molar-refractivity contribution is 9.10. The average molecular weight is 313 g/mol. The second kappa shape index (κ2) is 5.44. The molecule has 0 saturated carbocycles. The fourth-order valence-electron chi connectivity index (χ4n) is 1.81. The van der Waals surface area contributed by atoms with Gasteiger partial charge < -0.3 is 14.3 Å². The number of ether oxygens (including phenoxy) is 1. The van der Waals surface area contributed by atoms with Gasteiger partial charge in [0.25, 0.3) is 0 Å². The summed E-state index contributed by atoms with van der Waals surface area (Å²) >= 11 is 3.46. The Balaban J connectivity index is 2.26. The SMILES string of the molecule is COc1ccc(Br)c2cc(CCCC(=O)O)oc12. The van der Waals surface area contributed by atoms with Crippen LogP contribution in [0, 0.1) is 0 Å². The Labute approximate surface area is 113 Å². The topological polar surface area (TPSA) is 59.7 Å². The number of carboxylic acid groups (broad SMARTS) is 1. The molecule has 1 aromatic heterocycles. The molecule has 0 aliphatic rings. The van der Waals surface area contributed by atoms with Gasteiger partial charge in [-0.3, -0.25) is 4.79 Å². The summed E-state index contributed by atoms with van der Waals surface area (Å²) in [4.78, 5) is 10.5. The number of carboxylic acids is 1. The maximum Gasteiger partial charge on any atom is 0.303 e. The fraction of sp³-hybridized carbons (Fsp3) is 0.308. The molecule has 0 aliphatic carbocycles. The van der Waals surface area contributed by atoms with E-state index >= 15 is 0 Å². The van der Waals surface area contributed by atoms with Crippen LogP contribution in [0.15, 0.2) is 27.1 Å². The number of hydrogen-bond donors (Lipinski definition) is 1. The van der Waals surface area contributed by atoms with Gasteiger partial charge in [-0.2, -0.15) is 0 Å². The molecule has 2 rings (SSSR count). The highest BCUT2D eigenvalue weighted by atomic mass is 79.9. The first-order valence-electron chi connectivity index (χ1n) is 5.58. The Hall–Kier alpha value is -1.49. The Kier molecular flexibility index (Phi) is 3.91. The summed E-state index contributed by atoms with van der Waals surface area (Å²) in [5.41, 5.74) is 0.692. The van der Waals surface area contributed by atoms with Gasteiger partial charge in [0.05, 0.1) is 7.11 Å². The molecule has 0 bridgehead atoms. The number of fused-ring (bicyclic) bond motifs is 1. The first-order chi connectivity index (χ1) is 8.61. The zero-order valence-corrected chi connectivity index (χ0v) is 11.5. The molecule has 0 spiro atoms. The molecular weight excluding hydrogens is 300 g/mol. The van der Waals surface area contributed by atoms with Crippen LogP contribution in [0.1, 0.15) is 18.6 Å². The summed E-state index contributed by atoms with van der Waals surface area (Å²) < 4.78 is 11.9. The summed E-state index contributed by atoms with van der Waals surface area (Å²) in [6, 6.07) is 5.65. The van der Waals surface area contributed by atoms with Gasteiger partial charge in [0.2, 0.25) is 0 Å². The Morgan fingerprint density at radius 3 is 2.94 bits per heavy atom. The molecule has 18 heavy (non-hydrogen) atoms. The Morgan fingerprint density at radius 1 is 1.50 bits per heavy atom. The van der Waals surface area contributed by atoms with Crippen molar-refractivity contribution < 1.29 is 19.1 Å². The van der Waals surface area contributed by atoms with Gasteiger partial charge in [0, 0.05) is 22.7 Å². The summed E-state index contributed by atoms with van der Waals surface area (Å²) in [6.07, 6.45) is 1.32. The number of aryl methyl sites for hydroxylation is 1. The van der Waals surface area contributed by atoms with Crippen molar-refractivity contribution in [1.82, 2.24) is 0 Å².